The average molecular weight is 686 g/mol. The maximum absolute atomic E-state index is 2.47. The van der Waals surface area contributed by atoms with E-state index in [1.165, 1.54) is 115 Å². The number of hydrogen-bond acceptors (Lipinski definition) is 0. The number of benzene rings is 10. The molecule has 1 aromatic heterocycles. The largest absolute Gasteiger partial charge is 0.309 e. The van der Waals surface area contributed by atoms with Gasteiger partial charge in [-0.05, 0) is 92.0 Å². The molecule has 11 aromatic rings. The molecule has 0 saturated carbocycles. The van der Waals surface area contributed by atoms with E-state index in [1.54, 1.807) is 0 Å². The normalized spacial score (nSPS) is 13.7. The summed E-state index contributed by atoms with van der Waals surface area (Å²) in [5, 5.41) is 12.7. The molecule has 2 heteroatoms. The lowest BCUT2D eigenvalue weighted by atomic mass is 9.97. The van der Waals surface area contributed by atoms with E-state index >= 15 is 0 Å². The Morgan fingerprint density at radius 3 is 1.63 bits per heavy atom. The van der Waals surface area contributed by atoms with Gasteiger partial charge < -0.3 is 4.57 Å². The van der Waals surface area contributed by atoms with Crippen molar-refractivity contribution in [2.45, 2.75) is 0 Å². The molecular formula is C52H33N2+. The first kappa shape index (κ1) is 29.6. The maximum Gasteiger partial charge on any atom is 0.149 e. The third-order valence-electron chi connectivity index (χ3n) is 11.8. The summed E-state index contributed by atoms with van der Waals surface area (Å²) < 4.78 is 2.47. The van der Waals surface area contributed by atoms with Gasteiger partial charge in [0.25, 0.3) is 0 Å². The Morgan fingerprint density at radius 2 is 0.833 bits per heavy atom. The van der Waals surface area contributed by atoms with Crippen molar-refractivity contribution in [2.24, 2.45) is 0 Å². The molecule has 1 unspecified atom stereocenters. The summed E-state index contributed by atoms with van der Waals surface area (Å²) in [6.45, 7) is 0. The lowest BCUT2D eigenvalue weighted by molar-refractivity contribution is -0.675. The quantitative estimate of drug-likeness (QED) is 0.177. The van der Waals surface area contributed by atoms with Crippen LogP contribution in [-0.4, -0.2) is 4.57 Å². The fraction of sp³-hybridized carbons (Fsp3) is 0. The SMILES string of the molecule is c1ccc2c(c1)-c1cc(-c3ccc4c(c3)c3ccccc3n4-c3cc4ccccc4c4ccccc34)ccc1[NH+]2c1cc2ccccc2c2ccccc12. The van der Waals surface area contributed by atoms with Crippen molar-refractivity contribution < 1.29 is 4.90 Å². The van der Waals surface area contributed by atoms with Crippen molar-refractivity contribution in [1.29, 1.82) is 0 Å². The Labute approximate surface area is 312 Å². The zero-order valence-corrected chi connectivity index (χ0v) is 29.4. The number of nitrogens with one attached hydrogen (secondary N) is 1. The molecule has 10 aromatic carbocycles. The van der Waals surface area contributed by atoms with Gasteiger partial charge in [0.15, 0.2) is 0 Å². The number of aromatic nitrogens is 1. The number of quaternary nitrogens is 1. The zero-order chi connectivity index (χ0) is 35.3. The Kier molecular flexibility index (Phi) is 6.16. The fourth-order valence-corrected chi connectivity index (χ4v) is 9.43. The number of para-hydroxylation sites is 2. The molecule has 0 aliphatic carbocycles. The third kappa shape index (κ3) is 4.14. The summed E-state index contributed by atoms with van der Waals surface area (Å²) in [5.41, 5.74) is 12.6. The van der Waals surface area contributed by atoms with Gasteiger partial charge in [0.05, 0.1) is 22.3 Å². The minimum absolute atomic E-state index is 1.21. The Bertz CT molecular complexity index is 3350. The molecule has 0 amide bonds. The number of rotatable bonds is 3. The van der Waals surface area contributed by atoms with Crippen LogP contribution in [0.15, 0.2) is 194 Å². The average Bonchev–Trinajstić information content (AvgIpc) is 3.75. The van der Waals surface area contributed by atoms with Gasteiger partial charge in [-0.2, -0.15) is 0 Å². The second-order valence-electron chi connectivity index (χ2n) is 14.6. The highest BCUT2D eigenvalue weighted by atomic mass is 15.2. The van der Waals surface area contributed by atoms with Gasteiger partial charge in [0.2, 0.25) is 0 Å². The van der Waals surface area contributed by atoms with Crippen LogP contribution in [0.25, 0.3) is 92.8 Å². The molecule has 0 radical (unpaired) electrons. The Balaban J connectivity index is 1.05. The van der Waals surface area contributed by atoms with Crippen LogP contribution in [0.5, 0.6) is 0 Å². The highest BCUT2D eigenvalue weighted by Gasteiger charge is 2.35. The molecule has 2 heterocycles. The van der Waals surface area contributed by atoms with Crippen molar-refractivity contribution in [3.05, 3.63) is 194 Å². The van der Waals surface area contributed by atoms with Crippen molar-refractivity contribution in [3.8, 4) is 27.9 Å². The van der Waals surface area contributed by atoms with Gasteiger partial charge in [0, 0.05) is 45.3 Å². The van der Waals surface area contributed by atoms with E-state index in [-0.39, 0.29) is 0 Å². The molecule has 12 rings (SSSR count). The van der Waals surface area contributed by atoms with Crippen LogP contribution >= 0.6 is 0 Å². The first-order valence-electron chi connectivity index (χ1n) is 18.8. The van der Waals surface area contributed by atoms with Gasteiger partial charge >= 0.3 is 0 Å². The molecular weight excluding hydrogens is 653 g/mol. The van der Waals surface area contributed by atoms with E-state index in [4.69, 9.17) is 0 Å². The van der Waals surface area contributed by atoms with Crippen LogP contribution < -0.4 is 4.90 Å². The van der Waals surface area contributed by atoms with Crippen LogP contribution in [0.1, 0.15) is 0 Å². The summed E-state index contributed by atoms with van der Waals surface area (Å²) >= 11 is 0. The minimum atomic E-state index is 1.21. The summed E-state index contributed by atoms with van der Waals surface area (Å²) in [5.74, 6) is 0. The van der Waals surface area contributed by atoms with Gasteiger partial charge in [0.1, 0.15) is 17.1 Å². The first-order valence-corrected chi connectivity index (χ1v) is 18.8. The van der Waals surface area contributed by atoms with E-state index in [1.807, 2.05) is 0 Å². The van der Waals surface area contributed by atoms with E-state index in [0.717, 1.165) is 0 Å². The molecule has 0 fully saturated rings. The Morgan fingerprint density at radius 1 is 0.296 bits per heavy atom. The molecule has 1 atom stereocenters. The van der Waals surface area contributed by atoms with E-state index in [0.29, 0.717) is 0 Å². The van der Waals surface area contributed by atoms with Crippen LogP contribution in [0.3, 0.4) is 0 Å². The molecule has 0 bridgehead atoms. The van der Waals surface area contributed by atoms with E-state index in [2.05, 4.69) is 199 Å². The highest BCUT2D eigenvalue weighted by Crippen LogP contribution is 2.44. The lowest BCUT2D eigenvalue weighted by Gasteiger charge is -2.18. The number of nitrogens with zero attached hydrogens (tertiary/aromatic N) is 1. The monoisotopic (exact) mass is 685 g/mol. The summed E-state index contributed by atoms with van der Waals surface area (Å²) in [6.07, 6.45) is 0. The molecule has 0 saturated heterocycles. The molecule has 0 spiro atoms. The highest BCUT2D eigenvalue weighted by molar-refractivity contribution is 6.16. The molecule has 1 N–H and O–H groups in total. The zero-order valence-electron chi connectivity index (χ0n) is 29.4. The number of fused-ring (bicyclic) bond motifs is 12. The van der Waals surface area contributed by atoms with Crippen molar-refractivity contribution >= 4 is 82.0 Å². The molecule has 2 nitrogen and oxygen atoms in total. The van der Waals surface area contributed by atoms with Crippen LogP contribution in [0, 0.1) is 0 Å². The molecule has 54 heavy (non-hydrogen) atoms. The molecule has 1 aliphatic heterocycles. The summed E-state index contributed by atoms with van der Waals surface area (Å²) in [6, 6.07) is 71.9. The lowest BCUT2D eigenvalue weighted by Crippen LogP contribution is -2.95. The maximum atomic E-state index is 2.47. The van der Waals surface area contributed by atoms with Crippen molar-refractivity contribution in [3.63, 3.8) is 0 Å². The standard InChI is InChI=1S/C52H32N2/c1-3-15-37-35(13-1)31-51(41-19-7-5-17-39(37)41)53-47-23-11-9-21-43(47)45-29-33(25-27-49(45)53)34-26-28-50-46(30-34)44-22-10-12-24-48(44)54(50)52-32-36-14-2-4-16-38(36)40-18-6-8-20-42(40)52/h1-32H/p+1. The fourth-order valence-electron chi connectivity index (χ4n) is 9.43. The summed E-state index contributed by atoms with van der Waals surface area (Å²) in [7, 11) is 0. The van der Waals surface area contributed by atoms with Crippen molar-refractivity contribution in [2.75, 3.05) is 0 Å². The van der Waals surface area contributed by atoms with Gasteiger partial charge in [-0.25, -0.2) is 4.90 Å². The van der Waals surface area contributed by atoms with Crippen LogP contribution in [0.4, 0.5) is 17.1 Å². The Hall–Kier alpha value is -7.00. The minimum Gasteiger partial charge on any atom is -0.309 e. The summed E-state index contributed by atoms with van der Waals surface area (Å²) in [4.78, 5) is 1.32. The van der Waals surface area contributed by atoms with Crippen molar-refractivity contribution in [1.82, 2.24) is 4.57 Å². The smallest absolute Gasteiger partial charge is 0.149 e. The van der Waals surface area contributed by atoms with Crippen LogP contribution in [-0.2, 0) is 0 Å². The first-order chi connectivity index (χ1) is 26.8. The predicted molar refractivity (Wildman–Crippen MR) is 228 cm³/mol. The van der Waals surface area contributed by atoms with E-state index in [9.17, 15) is 0 Å². The van der Waals surface area contributed by atoms with E-state index < -0.39 is 0 Å². The van der Waals surface area contributed by atoms with Gasteiger partial charge in [-0.15, -0.1) is 0 Å². The number of hydrogen-bond donors (Lipinski definition) is 1. The second kappa shape index (κ2) is 11.2. The third-order valence-corrected chi connectivity index (χ3v) is 11.8. The topological polar surface area (TPSA) is 9.37 Å². The van der Waals surface area contributed by atoms with Gasteiger partial charge in [-0.1, -0.05) is 127 Å². The molecule has 250 valence electrons. The predicted octanol–water partition coefficient (Wildman–Crippen LogP) is 13.2. The molecule has 1 aliphatic rings. The second-order valence-corrected chi connectivity index (χ2v) is 14.6. The van der Waals surface area contributed by atoms with Crippen LogP contribution in [0.2, 0.25) is 0 Å². The van der Waals surface area contributed by atoms with Gasteiger partial charge in [-0.3, -0.25) is 0 Å².